The van der Waals surface area contributed by atoms with Gasteiger partial charge in [0.05, 0.1) is 37.5 Å². The zero-order chi connectivity index (χ0) is 15.6. The summed E-state index contributed by atoms with van der Waals surface area (Å²) in [6.07, 6.45) is 3.54. The minimum atomic E-state index is -0.0285. The molecular formula is C16H17N3O3S. The molecule has 0 radical (unpaired) electrons. The lowest BCUT2D eigenvalue weighted by atomic mass is 10.0. The molecule has 0 spiro atoms. The Morgan fingerprint density at radius 1 is 1.48 bits per heavy atom. The van der Waals surface area contributed by atoms with Gasteiger partial charge in [0.25, 0.3) is 5.91 Å². The Bertz CT molecular complexity index is 664. The molecule has 6 nitrogen and oxygen atoms in total. The Hall–Kier alpha value is -1.83. The molecular weight excluding hydrogens is 314 g/mol. The molecule has 0 bridgehead atoms. The first-order valence-electron chi connectivity index (χ1n) is 7.60. The molecule has 0 saturated carbocycles. The minimum absolute atomic E-state index is 0.00899. The van der Waals surface area contributed by atoms with E-state index in [2.05, 4.69) is 9.97 Å². The van der Waals surface area contributed by atoms with Gasteiger partial charge in [0.15, 0.2) is 0 Å². The third-order valence-electron chi connectivity index (χ3n) is 4.45. The van der Waals surface area contributed by atoms with Crippen molar-refractivity contribution in [1.29, 1.82) is 0 Å². The van der Waals surface area contributed by atoms with Gasteiger partial charge in [-0.25, -0.2) is 4.98 Å². The highest BCUT2D eigenvalue weighted by atomic mass is 32.1. The second-order valence-electron chi connectivity index (χ2n) is 5.81. The number of aromatic nitrogens is 2. The van der Waals surface area contributed by atoms with Gasteiger partial charge in [0, 0.05) is 30.2 Å². The first-order chi connectivity index (χ1) is 11.3. The Morgan fingerprint density at radius 3 is 3.22 bits per heavy atom. The molecule has 0 aliphatic carbocycles. The van der Waals surface area contributed by atoms with Crippen molar-refractivity contribution in [3.8, 4) is 0 Å². The fourth-order valence-electron chi connectivity index (χ4n) is 3.26. The van der Waals surface area contributed by atoms with Gasteiger partial charge in [0.1, 0.15) is 5.69 Å². The molecule has 4 heterocycles. The lowest BCUT2D eigenvalue weighted by molar-refractivity contribution is 0.00921. The molecule has 2 aromatic rings. The van der Waals surface area contributed by atoms with Crippen LogP contribution in [0.3, 0.4) is 0 Å². The minimum Gasteiger partial charge on any atom is -0.379 e. The largest absolute Gasteiger partial charge is 0.379 e. The summed E-state index contributed by atoms with van der Waals surface area (Å²) in [6, 6.07) is 3.97. The average Bonchev–Trinajstić information content (AvgIpc) is 3.31. The Morgan fingerprint density at radius 2 is 2.43 bits per heavy atom. The molecule has 4 rings (SSSR count). The third-order valence-corrected chi connectivity index (χ3v) is 5.03. The summed E-state index contributed by atoms with van der Waals surface area (Å²) in [5, 5.41) is 1.79. The first kappa shape index (κ1) is 14.7. The van der Waals surface area contributed by atoms with E-state index >= 15 is 0 Å². The Kier molecular flexibility index (Phi) is 4.07. The number of rotatable bonds is 4. The topological polar surface area (TPSA) is 64.6 Å². The van der Waals surface area contributed by atoms with Crippen LogP contribution < -0.4 is 0 Å². The number of pyridine rings is 1. The van der Waals surface area contributed by atoms with Crippen LogP contribution in [-0.2, 0) is 16.1 Å². The monoisotopic (exact) mass is 331 g/mol. The van der Waals surface area contributed by atoms with Crippen LogP contribution in [0.5, 0.6) is 0 Å². The second kappa shape index (κ2) is 6.35. The zero-order valence-corrected chi connectivity index (χ0v) is 13.3. The van der Waals surface area contributed by atoms with Gasteiger partial charge in [-0.1, -0.05) is 6.07 Å². The van der Waals surface area contributed by atoms with Crippen LogP contribution >= 0.6 is 11.3 Å². The maximum Gasteiger partial charge on any atom is 0.273 e. The van der Waals surface area contributed by atoms with Gasteiger partial charge >= 0.3 is 0 Å². The SMILES string of the molecule is O=C(c1cscn1)N1C[C@@H](OCc2cccnc2)[C@@H]2COC[C@@H]21. The zero-order valence-electron chi connectivity index (χ0n) is 12.5. The average molecular weight is 331 g/mol. The van der Waals surface area contributed by atoms with Gasteiger partial charge in [-0.2, -0.15) is 0 Å². The fraction of sp³-hybridized carbons (Fsp3) is 0.438. The van der Waals surface area contributed by atoms with E-state index in [1.54, 1.807) is 23.3 Å². The van der Waals surface area contributed by atoms with Crippen LogP contribution in [0.4, 0.5) is 0 Å². The number of likely N-dealkylation sites (tertiary alicyclic amines) is 1. The molecule has 120 valence electrons. The number of hydrogen-bond donors (Lipinski definition) is 0. The molecule has 0 aromatic carbocycles. The predicted octanol–water partition coefficient (Wildman–Crippen LogP) is 1.59. The number of ether oxygens (including phenoxy) is 2. The molecule has 2 fully saturated rings. The lowest BCUT2D eigenvalue weighted by Gasteiger charge is -2.21. The van der Waals surface area contributed by atoms with Crippen LogP contribution in [-0.4, -0.2) is 52.7 Å². The fourth-order valence-corrected chi connectivity index (χ4v) is 3.79. The molecule has 2 aliphatic rings. The summed E-state index contributed by atoms with van der Waals surface area (Å²) in [5.41, 5.74) is 3.23. The molecule has 2 saturated heterocycles. The van der Waals surface area contributed by atoms with E-state index in [1.165, 1.54) is 11.3 Å². The van der Waals surface area contributed by atoms with Crippen LogP contribution in [0.1, 0.15) is 16.1 Å². The van der Waals surface area contributed by atoms with E-state index in [-0.39, 0.29) is 24.0 Å². The summed E-state index contributed by atoms with van der Waals surface area (Å²) in [6.45, 7) is 2.31. The van der Waals surface area contributed by atoms with E-state index in [9.17, 15) is 4.79 Å². The highest BCUT2D eigenvalue weighted by Gasteiger charge is 2.48. The van der Waals surface area contributed by atoms with Crippen molar-refractivity contribution in [1.82, 2.24) is 14.9 Å². The Labute approximate surface area is 138 Å². The maximum absolute atomic E-state index is 12.6. The van der Waals surface area contributed by atoms with Crippen LogP contribution in [0.25, 0.3) is 0 Å². The number of nitrogens with zero attached hydrogens (tertiary/aromatic N) is 3. The molecule has 2 aliphatic heterocycles. The van der Waals surface area contributed by atoms with Crippen LogP contribution in [0.15, 0.2) is 35.4 Å². The summed E-state index contributed by atoms with van der Waals surface area (Å²) in [7, 11) is 0. The number of carbonyl (C=O) groups excluding carboxylic acids is 1. The van der Waals surface area contributed by atoms with Crippen molar-refractivity contribution in [2.75, 3.05) is 19.8 Å². The van der Waals surface area contributed by atoms with E-state index in [1.807, 2.05) is 17.0 Å². The standard InChI is InChI=1S/C16H17N3O3S/c20-16(13-9-23-10-18-13)19-5-15(12-7-21-8-14(12)19)22-6-11-2-1-3-17-4-11/h1-4,9-10,12,14-15H,5-8H2/t12-,14+,15-/m1/s1. The normalized spacial score (nSPS) is 26.4. The van der Waals surface area contributed by atoms with Crippen LogP contribution in [0.2, 0.25) is 0 Å². The summed E-state index contributed by atoms with van der Waals surface area (Å²) in [4.78, 5) is 22.7. The Balaban J connectivity index is 1.46. The lowest BCUT2D eigenvalue weighted by Crippen LogP contribution is -2.38. The van der Waals surface area contributed by atoms with Gasteiger partial charge in [-0.3, -0.25) is 9.78 Å². The van der Waals surface area contributed by atoms with Gasteiger partial charge in [-0.05, 0) is 11.6 Å². The molecule has 3 atom stereocenters. The van der Waals surface area contributed by atoms with Crippen molar-refractivity contribution >= 4 is 17.2 Å². The predicted molar refractivity (Wildman–Crippen MR) is 84.1 cm³/mol. The highest BCUT2D eigenvalue weighted by Crippen LogP contribution is 2.33. The van der Waals surface area contributed by atoms with Crippen molar-refractivity contribution in [2.45, 2.75) is 18.8 Å². The van der Waals surface area contributed by atoms with E-state index in [0.29, 0.717) is 32.1 Å². The summed E-state index contributed by atoms with van der Waals surface area (Å²) in [5.74, 6) is 0.202. The first-order valence-corrected chi connectivity index (χ1v) is 8.54. The van der Waals surface area contributed by atoms with Crippen molar-refractivity contribution in [3.63, 3.8) is 0 Å². The number of thiazole rings is 1. The maximum atomic E-state index is 12.6. The molecule has 2 aromatic heterocycles. The molecule has 7 heteroatoms. The third kappa shape index (κ3) is 2.87. The number of carbonyl (C=O) groups is 1. The van der Waals surface area contributed by atoms with E-state index in [4.69, 9.17) is 9.47 Å². The number of hydrogen-bond acceptors (Lipinski definition) is 6. The number of amides is 1. The van der Waals surface area contributed by atoms with Crippen LogP contribution in [0, 0.1) is 5.92 Å². The molecule has 0 unspecified atom stereocenters. The summed E-state index contributed by atoms with van der Waals surface area (Å²) >= 11 is 1.43. The molecule has 1 amide bonds. The molecule has 23 heavy (non-hydrogen) atoms. The van der Waals surface area contributed by atoms with Crippen molar-refractivity contribution in [2.24, 2.45) is 5.92 Å². The van der Waals surface area contributed by atoms with E-state index < -0.39 is 0 Å². The van der Waals surface area contributed by atoms with Crippen molar-refractivity contribution in [3.05, 3.63) is 46.7 Å². The second-order valence-corrected chi connectivity index (χ2v) is 6.53. The van der Waals surface area contributed by atoms with E-state index in [0.717, 1.165) is 5.56 Å². The smallest absolute Gasteiger partial charge is 0.273 e. The van der Waals surface area contributed by atoms with Gasteiger partial charge in [-0.15, -0.1) is 11.3 Å². The summed E-state index contributed by atoms with van der Waals surface area (Å²) < 4.78 is 11.7. The quantitative estimate of drug-likeness (QED) is 0.851. The van der Waals surface area contributed by atoms with Gasteiger partial charge < -0.3 is 14.4 Å². The number of fused-ring (bicyclic) bond motifs is 1. The highest BCUT2D eigenvalue weighted by molar-refractivity contribution is 7.07. The van der Waals surface area contributed by atoms with Crippen molar-refractivity contribution < 1.29 is 14.3 Å². The molecule has 0 N–H and O–H groups in total. The van der Waals surface area contributed by atoms with Gasteiger partial charge in [0.2, 0.25) is 0 Å².